The number of nitrogens with one attached hydrogen (secondary N) is 1. The summed E-state index contributed by atoms with van der Waals surface area (Å²) >= 11 is 5.76. The number of hydrogen-bond donors (Lipinski definition) is 3. The van der Waals surface area contributed by atoms with Crippen LogP contribution in [0, 0.1) is 5.92 Å². The van der Waals surface area contributed by atoms with Crippen LogP contribution >= 0.6 is 11.6 Å². The molecule has 1 aliphatic rings. The van der Waals surface area contributed by atoms with Crippen molar-refractivity contribution < 1.29 is 19.8 Å². The normalized spacial score (nSPS) is 17.6. The zero-order chi connectivity index (χ0) is 14.2. The minimum absolute atomic E-state index is 0.0272. The molecule has 1 aromatic carbocycles. The van der Waals surface area contributed by atoms with Crippen LogP contribution in [0.1, 0.15) is 30.1 Å². The van der Waals surface area contributed by atoms with Crippen LogP contribution < -0.4 is 5.32 Å². The first-order chi connectivity index (χ1) is 8.84. The first-order valence-corrected chi connectivity index (χ1v) is 6.27. The van der Waals surface area contributed by atoms with E-state index in [4.69, 9.17) is 11.6 Å². The van der Waals surface area contributed by atoms with Gasteiger partial charge in [0.2, 0.25) is 0 Å². The lowest BCUT2D eigenvalue weighted by Gasteiger charge is -2.26. The summed E-state index contributed by atoms with van der Waals surface area (Å²) in [4.78, 5) is 23.4. The number of amides is 1. The summed E-state index contributed by atoms with van der Waals surface area (Å²) in [7, 11) is 0. The molecule has 1 aliphatic carbocycles. The van der Waals surface area contributed by atoms with Crippen molar-refractivity contribution in [1.29, 1.82) is 0 Å². The second-order valence-electron chi connectivity index (χ2n) is 4.90. The maximum absolute atomic E-state index is 12.1. The number of carbonyl (C=O) groups excluding carboxylic acids is 1. The molecule has 1 saturated carbocycles. The Morgan fingerprint density at radius 1 is 1.42 bits per heavy atom. The van der Waals surface area contributed by atoms with Crippen molar-refractivity contribution in [3.63, 3.8) is 0 Å². The average molecular weight is 284 g/mol. The fraction of sp³-hybridized carbons (Fsp3) is 0.385. The van der Waals surface area contributed by atoms with Gasteiger partial charge in [0.1, 0.15) is 11.3 Å². The molecule has 1 unspecified atom stereocenters. The molecule has 19 heavy (non-hydrogen) atoms. The van der Waals surface area contributed by atoms with E-state index in [1.54, 1.807) is 0 Å². The predicted octanol–water partition coefficient (Wildman–Crippen LogP) is 2.03. The fourth-order valence-electron chi connectivity index (χ4n) is 1.98. The number of carboxylic acids is 1. The number of hydrogen-bond acceptors (Lipinski definition) is 3. The molecule has 0 heterocycles. The maximum atomic E-state index is 12.1. The van der Waals surface area contributed by atoms with Gasteiger partial charge in [-0.1, -0.05) is 11.6 Å². The third-order valence-corrected chi connectivity index (χ3v) is 3.65. The van der Waals surface area contributed by atoms with Crippen LogP contribution in [0.5, 0.6) is 5.75 Å². The summed E-state index contributed by atoms with van der Waals surface area (Å²) in [6.07, 6.45) is 1.54. The van der Waals surface area contributed by atoms with Crippen molar-refractivity contribution in [2.24, 2.45) is 5.92 Å². The fourth-order valence-corrected chi connectivity index (χ4v) is 2.16. The number of benzene rings is 1. The Kier molecular flexibility index (Phi) is 3.41. The maximum Gasteiger partial charge on any atom is 0.329 e. The molecule has 1 fully saturated rings. The van der Waals surface area contributed by atoms with Crippen LogP contribution in [0.3, 0.4) is 0 Å². The van der Waals surface area contributed by atoms with Gasteiger partial charge in [-0.05, 0) is 43.9 Å². The van der Waals surface area contributed by atoms with Crippen molar-refractivity contribution in [2.45, 2.75) is 25.3 Å². The minimum atomic E-state index is -1.31. The summed E-state index contributed by atoms with van der Waals surface area (Å²) in [5.74, 6) is -2.03. The van der Waals surface area contributed by atoms with Gasteiger partial charge in [0, 0.05) is 5.02 Å². The number of phenols is 1. The molecular formula is C13H14ClNO4. The molecule has 0 aromatic heterocycles. The monoisotopic (exact) mass is 283 g/mol. The highest BCUT2D eigenvalue weighted by molar-refractivity contribution is 6.31. The molecule has 0 aliphatic heterocycles. The van der Waals surface area contributed by atoms with E-state index in [1.807, 2.05) is 0 Å². The van der Waals surface area contributed by atoms with Gasteiger partial charge in [-0.25, -0.2) is 4.79 Å². The number of aliphatic carboxylic acids is 1. The van der Waals surface area contributed by atoms with E-state index in [2.05, 4.69) is 5.32 Å². The third kappa shape index (κ3) is 2.66. The van der Waals surface area contributed by atoms with E-state index in [9.17, 15) is 19.8 Å². The number of phenolic OH excluding ortho intramolecular Hbond substituents is 1. The summed E-state index contributed by atoms with van der Waals surface area (Å²) in [6.45, 7) is 1.48. The first-order valence-electron chi connectivity index (χ1n) is 5.89. The molecule has 2 rings (SSSR count). The van der Waals surface area contributed by atoms with Crippen LogP contribution in [-0.4, -0.2) is 27.6 Å². The van der Waals surface area contributed by atoms with E-state index >= 15 is 0 Å². The number of carboxylic acid groups (broad SMARTS) is 1. The highest BCUT2D eigenvalue weighted by Gasteiger charge is 2.48. The molecule has 0 spiro atoms. The zero-order valence-electron chi connectivity index (χ0n) is 10.3. The van der Waals surface area contributed by atoms with Crippen LogP contribution in [0.4, 0.5) is 0 Å². The van der Waals surface area contributed by atoms with E-state index in [0.29, 0.717) is 5.02 Å². The second kappa shape index (κ2) is 4.74. The van der Waals surface area contributed by atoms with Gasteiger partial charge in [0.15, 0.2) is 0 Å². The molecular weight excluding hydrogens is 270 g/mol. The Morgan fingerprint density at radius 3 is 2.58 bits per heavy atom. The Hall–Kier alpha value is -1.75. The SMILES string of the molecule is CC(NC(=O)c1cc(Cl)ccc1O)(C(=O)O)C1CC1. The van der Waals surface area contributed by atoms with Gasteiger partial charge in [0.05, 0.1) is 5.56 Å². The summed E-state index contributed by atoms with van der Waals surface area (Å²) in [5, 5.41) is 21.7. The molecule has 5 nitrogen and oxygen atoms in total. The molecule has 1 atom stereocenters. The molecule has 0 radical (unpaired) electrons. The quantitative estimate of drug-likeness (QED) is 0.789. The summed E-state index contributed by atoms with van der Waals surface area (Å²) in [5.41, 5.74) is -1.34. The van der Waals surface area contributed by atoms with E-state index in [-0.39, 0.29) is 17.2 Å². The topological polar surface area (TPSA) is 86.6 Å². The van der Waals surface area contributed by atoms with Crippen LogP contribution in [0.25, 0.3) is 0 Å². The van der Waals surface area contributed by atoms with Gasteiger partial charge >= 0.3 is 5.97 Å². The van der Waals surface area contributed by atoms with Crippen molar-refractivity contribution in [3.05, 3.63) is 28.8 Å². The third-order valence-electron chi connectivity index (χ3n) is 3.41. The van der Waals surface area contributed by atoms with Crippen molar-refractivity contribution >= 4 is 23.5 Å². The smallest absolute Gasteiger partial charge is 0.329 e. The predicted molar refractivity (Wildman–Crippen MR) is 69.3 cm³/mol. The van der Waals surface area contributed by atoms with E-state index in [1.165, 1.54) is 25.1 Å². The summed E-state index contributed by atoms with van der Waals surface area (Å²) < 4.78 is 0. The largest absolute Gasteiger partial charge is 0.507 e. The van der Waals surface area contributed by atoms with Crippen LogP contribution in [0.2, 0.25) is 5.02 Å². The standard InChI is InChI=1S/C13H14ClNO4/c1-13(12(18)19,7-2-3-7)15-11(17)9-6-8(14)4-5-10(9)16/h4-7,16H,2-3H2,1H3,(H,15,17)(H,18,19). The first kappa shape index (κ1) is 13.7. The lowest BCUT2D eigenvalue weighted by Crippen LogP contribution is -2.54. The van der Waals surface area contributed by atoms with Gasteiger partial charge in [-0.2, -0.15) is 0 Å². The van der Waals surface area contributed by atoms with Gasteiger partial charge < -0.3 is 15.5 Å². The van der Waals surface area contributed by atoms with Crippen molar-refractivity contribution in [3.8, 4) is 5.75 Å². The molecule has 1 amide bonds. The molecule has 102 valence electrons. The van der Waals surface area contributed by atoms with Crippen LogP contribution in [-0.2, 0) is 4.79 Å². The lowest BCUT2D eigenvalue weighted by atomic mass is 9.95. The van der Waals surface area contributed by atoms with Gasteiger partial charge in [-0.3, -0.25) is 4.79 Å². The molecule has 0 bridgehead atoms. The van der Waals surface area contributed by atoms with Crippen LogP contribution in [0.15, 0.2) is 18.2 Å². The lowest BCUT2D eigenvalue weighted by molar-refractivity contribution is -0.144. The number of halogens is 1. The number of rotatable bonds is 4. The molecule has 0 saturated heterocycles. The highest BCUT2D eigenvalue weighted by atomic mass is 35.5. The molecule has 6 heteroatoms. The number of aromatic hydroxyl groups is 1. The van der Waals surface area contributed by atoms with Gasteiger partial charge in [0.25, 0.3) is 5.91 Å². The van der Waals surface area contributed by atoms with Gasteiger partial charge in [-0.15, -0.1) is 0 Å². The Labute approximate surface area is 115 Å². The second-order valence-corrected chi connectivity index (χ2v) is 5.33. The summed E-state index contributed by atoms with van der Waals surface area (Å²) in [6, 6.07) is 4.05. The Balaban J connectivity index is 2.25. The average Bonchev–Trinajstić information content (AvgIpc) is 3.16. The Morgan fingerprint density at radius 2 is 2.05 bits per heavy atom. The van der Waals surface area contributed by atoms with E-state index < -0.39 is 17.4 Å². The highest BCUT2D eigenvalue weighted by Crippen LogP contribution is 2.40. The number of carbonyl (C=O) groups is 2. The molecule has 3 N–H and O–H groups in total. The molecule has 1 aromatic rings. The zero-order valence-corrected chi connectivity index (χ0v) is 11.1. The van der Waals surface area contributed by atoms with Crippen molar-refractivity contribution in [1.82, 2.24) is 5.32 Å². The Bertz CT molecular complexity index is 541. The van der Waals surface area contributed by atoms with E-state index in [0.717, 1.165) is 12.8 Å². The minimum Gasteiger partial charge on any atom is -0.507 e. The van der Waals surface area contributed by atoms with Crippen molar-refractivity contribution in [2.75, 3.05) is 0 Å².